The van der Waals surface area contributed by atoms with Crippen molar-refractivity contribution in [2.75, 3.05) is 12.8 Å². The van der Waals surface area contributed by atoms with Crippen LogP contribution in [0, 0.1) is 6.92 Å². The Morgan fingerprint density at radius 3 is 2.61 bits per heavy atom. The van der Waals surface area contributed by atoms with Gasteiger partial charge in [0.15, 0.2) is 5.65 Å². The minimum atomic E-state index is 0.493. The fourth-order valence-corrected chi connectivity index (χ4v) is 3.47. The van der Waals surface area contributed by atoms with Crippen LogP contribution in [0.5, 0.6) is 5.75 Å². The molecule has 0 bridgehead atoms. The third-order valence-electron chi connectivity index (χ3n) is 4.88. The molecule has 138 valence electrons. The monoisotopic (exact) mass is 370 g/mol. The molecule has 0 aliphatic rings. The molecule has 3 aromatic heterocycles. The number of nitrogens with zero attached hydrogens (tertiary/aromatic N) is 4. The summed E-state index contributed by atoms with van der Waals surface area (Å²) in [6.07, 6.45) is 1.75. The van der Waals surface area contributed by atoms with Gasteiger partial charge in [-0.1, -0.05) is 24.3 Å². The Morgan fingerprint density at radius 2 is 1.86 bits per heavy atom. The molecule has 3 N–H and O–H groups in total. The van der Waals surface area contributed by atoms with E-state index in [2.05, 4.69) is 20.1 Å². The van der Waals surface area contributed by atoms with Crippen molar-refractivity contribution in [3.63, 3.8) is 0 Å². The number of nitrogens with two attached hydrogens (primary N) is 1. The lowest BCUT2D eigenvalue weighted by Crippen LogP contribution is -2.03. The fraction of sp³-hybridized carbons (Fsp3) is 0.0952. The summed E-state index contributed by atoms with van der Waals surface area (Å²) in [5.41, 5.74) is 12.5. The Bertz CT molecular complexity index is 1280. The van der Waals surface area contributed by atoms with E-state index < -0.39 is 0 Å². The summed E-state index contributed by atoms with van der Waals surface area (Å²) in [6, 6.07) is 15.7. The lowest BCUT2D eigenvalue weighted by Gasteiger charge is -2.06. The number of hydrogen-bond acceptors (Lipinski definition) is 5. The van der Waals surface area contributed by atoms with Crippen molar-refractivity contribution in [1.29, 1.82) is 0 Å². The zero-order chi connectivity index (χ0) is 19.3. The highest BCUT2D eigenvalue weighted by atomic mass is 16.5. The molecular formula is C21H18N6O. The maximum absolute atomic E-state index is 6.46. The first-order valence-corrected chi connectivity index (χ1v) is 8.89. The van der Waals surface area contributed by atoms with Gasteiger partial charge in [0.05, 0.1) is 29.4 Å². The first-order valence-electron chi connectivity index (χ1n) is 8.89. The SMILES string of the molecule is COc1ccc(-c2c(C)nn3c(N)c(-c4nc5ccccc5[nH]4)cnc23)cc1. The van der Waals surface area contributed by atoms with E-state index in [0.29, 0.717) is 22.9 Å². The van der Waals surface area contributed by atoms with Crippen LogP contribution in [0.4, 0.5) is 5.82 Å². The first-order chi connectivity index (χ1) is 13.7. The highest BCUT2D eigenvalue weighted by Gasteiger charge is 2.18. The van der Waals surface area contributed by atoms with Gasteiger partial charge in [0, 0.05) is 11.8 Å². The van der Waals surface area contributed by atoms with E-state index in [-0.39, 0.29) is 0 Å². The van der Waals surface area contributed by atoms with Gasteiger partial charge in [0.25, 0.3) is 0 Å². The largest absolute Gasteiger partial charge is 0.497 e. The molecule has 0 radical (unpaired) electrons. The number of para-hydroxylation sites is 2. The highest BCUT2D eigenvalue weighted by Crippen LogP contribution is 2.32. The summed E-state index contributed by atoms with van der Waals surface area (Å²) in [7, 11) is 1.65. The quantitative estimate of drug-likeness (QED) is 0.503. The zero-order valence-electron chi connectivity index (χ0n) is 15.5. The smallest absolute Gasteiger partial charge is 0.165 e. The summed E-state index contributed by atoms with van der Waals surface area (Å²) in [5, 5.41) is 4.63. The van der Waals surface area contributed by atoms with E-state index >= 15 is 0 Å². The van der Waals surface area contributed by atoms with Gasteiger partial charge in [-0.3, -0.25) is 0 Å². The molecule has 0 saturated heterocycles. The molecule has 7 heteroatoms. The van der Waals surface area contributed by atoms with Gasteiger partial charge in [-0.05, 0) is 36.8 Å². The van der Waals surface area contributed by atoms with Crippen LogP contribution >= 0.6 is 0 Å². The number of nitrogen functional groups attached to an aromatic ring is 1. The normalized spacial score (nSPS) is 11.4. The molecule has 28 heavy (non-hydrogen) atoms. The van der Waals surface area contributed by atoms with Crippen molar-refractivity contribution < 1.29 is 4.74 Å². The van der Waals surface area contributed by atoms with E-state index in [1.165, 1.54) is 0 Å². The minimum Gasteiger partial charge on any atom is -0.497 e. The summed E-state index contributed by atoms with van der Waals surface area (Å²) < 4.78 is 6.92. The van der Waals surface area contributed by atoms with Gasteiger partial charge in [0.1, 0.15) is 17.4 Å². The molecule has 5 rings (SSSR count). The van der Waals surface area contributed by atoms with E-state index in [9.17, 15) is 0 Å². The summed E-state index contributed by atoms with van der Waals surface area (Å²) >= 11 is 0. The van der Waals surface area contributed by atoms with Crippen LogP contribution in [0.25, 0.3) is 39.2 Å². The van der Waals surface area contributed by atoms with E-state index in [1.807, 2.05) is 55.5 Å². The number of hydrogen-bond donors (Lipinski definition) is 2. The predicted octanol–water partition coefficient (Wildman–Crippen LogP) is 3.84. The number of aromatic nitrogens is 5. The van der Waals surface area contributed by atoms with Gasteiger partial charge < -0.3 is 15.5 Å². The van der Waals surface area contributed by atoms with Gasteiger partial charge in [0.2, 0.25) is 0 Å². The predicted molar refractivity (Wildman–Crippen MR) is 109 cm³/mol. The number of anilines is 1. The number of methoxy groups -OCH3 is 1. The fourth-order valence-electron chi connectivity index (χ4n) is 3.47. The number of imidazole rings is 1. The number of aromatic amines is 1. The maximum Gasteiger partial charge on any atom is 0.165 e. The molecule has 7 nitrogen and oxygen atoms in total. The molecule has 0 atom stereocenters. The third kappa shape index (κ3) is 2.40. The van der Waals surface area contributed by atoms with Crippen LogP contribution in [0.3, 0.4) is 0 Å². The van der Waals surface area contributed by atoms with E-state index in [0.717, 1.165) is 33.6 Å². The van der Waals surface area contributed by atoms with Crippen molar-refractivity contribution in [2.24, 2.45) is 0 Å². The van der Waals surface area contributed by atoms with Crippen molar-refractivity contribution in [3.8, 4) is 28.3 Å². The molecule has 0 saturated carbocycles. The van der Waals surface area contributed by atoms with Gasteiger partial charge >= 0.3 is 0 Å². The van der Waals surface area contributed by atoms with Crippen molar-refractivity contribution in [1.82, 2.24) is 24.6 Å². The number of benzene rings is 2. The molecule has 0 spiro atoms. The van der Waals surface area contributed by atoms with Crippen LogP contribution in [0.2, 0.25) is 0 Å². The topological polar surface area (TPSA) is 94.1 Å². The number of H-pyrrole nitrogens is 1. The van der Waals surface area contributed by atoms with Crippen LogP contribution in [-0.4, -0.2) is 31.7 Å². The first kappa shape index (κ1) is 16.3. The molecule has 5 aromatic rings. The molecule has 2 aromatic carbocycles. The summed E-state index contributed by atoms with van der Waals surface area (Å²) in [4.78, 5) is 12.6. The standard InChI is InChI=1S/C21H18N6O/c1-12-18(13-7-9-14(28-2)10-8-13)21-23-11-15(19(22)27(21)26-12)20-24-16-5-3-4-6-17(16)25-20/h3-11H,22H2,1-2H3,(H,24,25). The Hall–Kier alpha value is -3.87. The van der Waals surface area contributed by atoms with Crippen molar-refractivity contribution >= 4 is 22.5 Å². The molecule has 0 aliphatic heterocycles. The van der Waals surface area contributed by atoms with Crippen molar-refractivity contribution in [3.05, 3.63) is 60.4 Å². The maximum atomic E-state index is 6.46. The number of fused-ring (bicyclic) bond motifs is 2. The molecule has 0 unspecified atom stereocenters. The Labute approximate surface area is 160 Å². The lowest BCUT2D eigenvalue weighted by molar-refractivity contribution is 0.415. The molecular weight excluding hydrogens is 352 g/mol. The number of ether oxygens (including phenoxy) is 1. The summed E-state index contributed by atoms with van der Waals surface area (Å²) in [5.74, 6) is 1.97. The lowest BCUT2D eigenvalue weighted by atomic mass is 10.1. The molecule has 0 aliphatic carbocycles. The van der Waals surface area contributed by atoms with Gasteiger partial charge in [-0.25, -0.2) is 9.97 Å². The van der Waals surface area contributed by atoms with Gasteiger partial charge in [-0.15, -0.1) is 0 Å². The second-order valence-corrected chi connectivity index (χ2v) is 6.58. The Kier molecular flexibility index (Phi) is 3.55. The van der Waals surface area contributed by atoms with Crippen LogP contribution in [0.15, 0.2) is 54.7 Å². The highest BCUT2D eigenvalue weighted by molar-refractivity contribution is 5.85. The number of rotatable bonds is 3. The Balaban J connectivity index is 1.68. The molecule has 0 fully saturated rings. The average molecular weight is 370 g/mol. The van der Waals surface area contributed by atoms with E-state index in [1.54, 1.807) is 17.8 Å². The van der Waals surface area contributed by atoms with E-state index in [4.69, 9.17) is 10.5 Å². The van der Waals surface area contributed by atoms with Crippen LogP contribution in [0.1, 0.15) is 5.69 Å². The van der Waals surface area contributed by atoms with Crippen molar-refractivity contribution in [2.45, 2.75) is 6.92 Å². The summed E-state index contributed by atoms with van der Waals surface area (Å²) in [6.45, 7) is 1.95. The third-order valence-corrected chi connectivity index (χ3v) is 4.88. The number of aryl methyl sites for hydroxylation is 1. The molecule has 0 amide bonds. The average Bonchev–Trinajstić information content (AvgIpc) is 3.29. The Morgan fingerprint density at radius 1 is 1.07 bits per heavy atom. The van der Waals surface area contributed by atoms with Crippen LogP contribution < -0.4 is 10.5 Å². The van der Waals surface area contributed by atoms with Crippen LogP contribution in [-0.2, 0) is 0 Å². The zero-order valence-corrected chi connectivity index (χ0v) is 15.5. The molecule has 3 heterocycles. The second-order valence-electron chi connectivity index (χ2n) is 6.58. The number of nitrogens with one attached hydrogen (secondary N) is 1. The second kappa shape index (κ2) is 6.09. The van der Waals surface area contributed by atoms with Gasteiger partial charge in [-0.2, -0.15) is 9.61 Å². The minimum absolute atomic E-state index is 0.493.